The van der Waals surface area contributed by atoms with Gasteiger partial charge in [0.05, 0.1) is 0 Å². The van der Waals surface area contributed by atoms with E-state index in [1.807, 2.05) is 6.92 Å². The average Bonchev–Trinajstić information content (AvgIpc) is 3.00. The summed E-state index contributed by atoms with van der Waals surface area (Å²) < 4.78 is 0. The van der Waals surface area contributed by atoms with Crippen molar-refractivity contribution in [2.24, 2.45) is 95.4 Å². The number of Topliss-reactive ketones (excluding diaryl/α,β-unsaturated/α-hetero) is 4. The summed E-state index contributed by atoms with van der Waals surface area (Å²) in [5.74, 6) is -3.00. The SMILES string of the molecule is CCC(CCCN=C(N)N)C(=O)CC(CCCN=C(N)N)C(=O)CC(CCCN=C(N)N)C(=O)CC(CCCN=C(N)N)C(=O)C(C)C. The van der Waals surface area contributed by atoms with E-state index in [0.717, 1.165) is 0 Å². The largest absolute Gasteiger partial charge is 0.370 e. The van der Waals surface area contributed by atoms with Gasteiger partial charge in [0, 0.05) is 75.0 Å². The second-order valence-corrected chi connectivity index (χ2v) is 12.6. The Morgan fingerprint density at radius 3 is 1.02 bits per heavy atom. The third kappa shape index (κ3) is 20.8. The molecule has 4 atom stereocenters. The number of guanidine groups is 4. The Hall–Kier alpha value is -4.24. The fourth-order valence-corrected chi connectivity index (χ4v) is 5.57. The number of hydrogen-bond acceptors (Lipinski definition) is 8. The molecule has 0 spiro atoms. The monoisotopic (exact) mass is 679 g/mol. The third-order valence-electron chi connectivity index (χ3n) is 8.19. The van der Waals surface area contributed by atoms with Crippen molar-refractivity contribution in [1.29, 1.82) is 0 Å². The van der Waals surface area contributed by atoms with E-state index in [2.05, 4.69) is 20.0 Å². The first-order chi connectivity index (χ1) is 22.6. The van der Waals surface area contributed by atoms with Crippen LogP contribution >= 0.6 is 0 Å². The Balaban J connectivity index is 6.06. The van der Waals surface area contributed by atoms with Crippen LogP contribution in [0.2, 0.25) is 0 Å². The van der Waals surface area contributed by atoms with Crippen LogP contribution in [0.25, 0.3) is 0 Å². The van der Waals surface area contributed by atoms with Gasteiger partial charge in [-0.3, -0.25) is 39.1 Å². The van der Waals surface area contributed by atoms with Crippen molar-refractivity contribution in [3.63, 3.8) is 0 Å². The molecule has 4 unspecified atom stereocenters. The number of nitrogens with zero attached hydrogens (tertiary/aromatic N) is 4. The summed E-state index contributed by atoms with van der Waals surface area (Å²) in [7, 11) is 0. The fourth-order valence-electron chi connectivity index (χ4n) is 5.57. The van der Waals surface area contributed by atoms with Crippen molar-refractivity contribution < 1.29 is 19.2 Å². The van der Waals surface area contributed by atoms with Crippen molar-refractivity contribution in [2.75, 3.05) is 26.2 Å². The zero-order chi connectivity index (χ0) is 36.6. The maximum Gasteiger partial charge on any atom is 0.185 e. The van der Waals surface area contributed by atoms with Gasteiger partial charge in [0.2, 0.25) is 0 Å². The zero-order valence-corrected chi connectivity index (χ0v) is 29.2. The minimum absolute atomic E-state index is 0.00551. The fraction of sp³-hybridized carbons (Fsp3) is 0.750. The Morgan fingerprint density at radius 2 is 0.729 bits per heavy atom. The van der Waals surface area contributed by atoms with Crippen LogP contribution in [0.5, 0.6) is 0 Å². The summed E-state index contributed by atoms with van der Waals surface area (Å²) >= 11 is 0. The lowest BCUT2D eigenvalue weighted by atomic mass is 9.79. The van der Waals surface area contributed by atoms with E-state index in [-0.39, 0.29) is 84.6 Å². The number of nitrogens with two attached hydrogens (primary N) is 8. The summed E-state index contributed by atoms with van der Waals surface area (Å²) in [6.45, 7) is 6.84. The summed E-state index contributed by atoms with van der Waals surface area (Å²) in [6.07, 6.45) is 4.37. The van der Waals surface area contributed by atoms with Gasteiger partial charge in [0.25, 0.3) is 0 Å². The molecule has 16 heteroatoms. The van der Waals surface area contributed by atoms with Gasteiger partial charge in [0.15, 0.2) is 23.8 Å². The topological polar surface area (TPSA) is 326 Å². The second-order valence-electron chi connectivity index (χ2n) is 12.6. The van der Waals surface area contributed by atoms with E-state index in [1.54, 1.807) is 13.8 Å². The number of carbonyl (C=O) groups excluding carboxylic acids is 4. The highest BCUT2D eigenvalue weighted by Crippen LogP contribution is 2.28. The lowest BCUT2D eigenvalue weighted by Gasteiger charge is -2.23. The molecule has 0 aliphatic rings. The molecule has 0 aromatic rings. The molecule has 274 valence electrons. The van der Waals surface area contributed by atoms with E-state index in [4.69, 9.17) is 45.9 Å². The van der Waals surface area contributed by atoms with Crippen LogP contribution in [-0.2, 0) is 19.2 Å². The lowest BCUT2D eigenvalue weighted by Crippen LogP contribution is -2.30. The lowest BCUT2D eigenvalue weighted by molar-refractivity contribution is -0.135. The van der Waals surface area contributed by atoms with Crippen LogP contribution < -0.4 is 45.9 Å². The number of hydrogen-bond donors (Lipinski definition) is 8. The molecule has 0 amide bonds. The van der Waals surface area contributed by atoms with Crippen molar-refractivity contribution in [3.8, 4) is 0 Å². The van der Waals surface area contributed by atoms with E-state index in [0.29, 0.717) is 77.4 Å². The van der Waals surface area contributed by atoms with Crippen molar-refractivity contribution in [2.45, 2.75) is 97.8 Å². The Morgan fingerprint density at radius 1 is 0.458 bits per heavy atom. The second kappa shape index (κ2) is 24.9. The van der Waals surface area contributed by atoms with Crippen LogP contribution in [0.15, 0.2) is 20.0 Å². The first-order valence-electron chi connectivity index (χ1n) is 16.9. The molecule has 0 fully saturated rings. The van der Waals surface area contributed by atoms with Crippen molar-refractivity contribution in [3.05, 3.63) is 0 Å². The van der Waals surface area contributed by atoms with Crippen LogP contribution in [0.4, 0.5) is 0 Å². The molecule has 0 saturated carbocycles. The van der Waals surface area contributed by atoms with E-state index in [9.17, 15) is 19.2 Å². The first kappa shape index (κ1) is 43.8. The van der Waals surface area contributed by atoms with Crippen LogP contribution in [0.3, 0.4) is 0 Å². The molecule has 0 saturated heterocycles. The summed E-state index contributed by atoms with van der Waals surface area (Å²) in [5, 5.41) is 0. The molecule has 0 bridgehead atoms. The van der Waals surface area contributed by atoms with Gasteiger partial charge < -0.3 is 45.9 Å². The quantitative estimate of drug-likeness (QED) is 0.0312. The highest BCUT2D eigenvalue weighted by molar-refractivity contribution is 5.94. The Bertz CT molecular complexity index is 1120. The summed E-state index contributed by atoms with van der Waals surface area (Å²) in [5.41, 5.74) is 43.6. The van der Waals surface area contributed by atoms with E-state index < -0.39 is 17.8 Å². The normalized spacial score (nSPS) is 13.4. The van der Waals surface area contributed by atoms with Gasteiger partial charge in [-0.05, 0) is 57.8 Å². The molecule has 0 aliphatic carbocycles. The molecule has 0 aliphatic heterocycles. The van der Waals surface area contributed by atoms with Crippen LogP contribution in [0, 0.1) is 29.6 Å². The van der Waals surface area contributed by atoms with E-state index in [1.165, 1.54) is 0 Å². The summed E-state index contributed by atoms with van der Waals surface area (Å²) in [6, 6.07) is 0. The predicted molar refractivity (Wildman–Crippen MR) is 193 cm³/mol. The molecule has 0 heterocycles. The van der Waals surface area contributed by atoms with Gasteiger partial charge in [-0.2, -0.15) is 0 Å². The average molecular weight is 679 g/mol. The highest BCUT2D eigenvalue weighted by atomic mass is 16.1. The smallest absolute Gasteiger partial charge is 0.185 e. The molecule has 0 aromatic carbocycles. The molecule has 48 heavy (non-hydrogen) atoms. The minimum Gasteiger partial charge on any atom is -0.370 e. The van der Waals surface area contributed by atoms with E-state index >= 15 is 0 Å². The molecular weight excluding hydrogens is 616 g/mol. The maximum atomic E-state index is 13.9. The van der Waals surface area contributed by atoms with Gasteiger partial charge in [-0.15, -0.1) is 0 Å². The van der Waals surface area contributed by atoms with Gasteiger partial charge in [0.1, 0.15) is 23.1 Å². The molecule has 0 radical (unpaired) electrons. The Labute approximate surface area is 285 Å². The van der Waals surface area contributed by atoms with Crippen molar-refractivity contribution >= 4 is 47.0 Å². The predicted octanol–water partition coefficient (Wildman–Crippen LogP) is 0.178. The number of ketones is 4. The molecule has 16 N–H and O–H groups in total. The number of carbonyl (C=O) groups is 4. The first-order valence-corrected chi connectivity index (χ1v) is 16.9. The summed E-state index contributed by atoms with van der Waals surface area (Å²) in [4.78, 5) is 70.2. The zero-order valence-electron chi connectivity index (χ0n) is 29.2. The molecular formula is C32H62N12O4. The van der Waals surface area contributed by atoms with Crippen LogP contribution in [0.1, 0.15) is 97.8 Å². The standard InChI is InChI=1S/C32H62N12O4/c1-4-21(9-5-13-41-29(33)34)25(45)17-22(10-6-14-42-30(35)36)26(46)18-23(11-7-15-43-31(37)38)27(47)19-24(28(48)20(2)3)12-8-16-44-32(39)40/h20-24H,4-19H2,1-3H3,(H4,33,34,41)(H4,35,36,42)(H4,37,38,43)(H4,39,40,44). The molecule has 0 aromatic heterocycles. The molecule has 0 rings (SSSR count). The van der Waals surface area contributed by atoms with Crippen LogP contribution in [-0.4, -0.2) is 73.2 Å². The minimum atomic E-state index is -0.677. The maximum absolute atomic E-state index is 13.9. The van der Waals surface area contributed by atoms with Gasteiger partial charge in [-0.1, -0.05) is 20.8 Å². The third-order valence-corrected chi connectivity index (χ3v) is 8.19. The van der Waals surface area contributed by atoms with Crippen molar-refractivity contribution in [1.82, 2.24) is 0 Å². The number of rotatable bonds is 28. The van der Waals surface area contributed by atoms with Gasteiger partial charge in [-0.25, -0.2) is 0 Å². The highest BCUT2D eigenvalue weighted by Gasteiger charge is 2.32. The Kier molecular flexibility index (Phi) is 22.7. The molecule has 16 nitrogen and oxygen atoms in total. The number of aliphatic imine (C=N–C) groups is 4. The van der Waals surface area contributed by atoms with Gasteiger partial charge >= 0.3 is 0 Å².